The molecule has 7 heteroatoms. The molecular formula is C24H29N3O3S. The second kappa shape index (κ2) is 10.1. The highest BCUT2D eigenvalue weighted by Crippen LogP contribution is 2.25. The van der Waals surface area contributed by atoms with Crippen molar-refractivity contribution in [2.75, 3.05) is 26.2 Å². The van der Waals surface area contributed by atoms with E-state index in [1.54, 1.807) is 6.07 Å². The van der Waals surface area contributed by atoms with E-state index in [1.165, 1.54) is 11.3 Å². The van der Waals surface area contributed by atoms with Gasteiger partial charge in [-0.25, -0.2) is 0 Å². The van der Waals surface area contributed by atoms with E-state index in [4.69, 9.17) is 0 Å². The van der Waals surface area contributed by atoms with Gasteiger partial charge in [0.25, 0.3) is 5.91 Å². The van der Waals surface area contributed by atoms with Crippen molar-refractivity contribution in [2.24, 2.45) is 5.92 Å². The summed E-state index contributed by atoms with van der Waals surface area (Å²) in [7, 11) is 0. The predicted molar refractivity (Wildman–Crippen MR) is 121 cm³/mol. The van der Waals surface area contributed by atoms with E-state index in [1.807, 2.05) is 51.6 Å². The molecule has 0 aliphatic carbocycles. The first-order valence-corrected chi connectivity index (χ1v) is 11.9. The van der Waals surface area contributed by atoms with E-state index in [0.29, 0.717) is 24.4 Å². The number of amides is 3. The molecule has 0 saturated carbocycles. The zero-order valence-electron chi connectivity index (χ0n) is 17.7. The highest BCUT2D eigenvalue weighted by molar-refractivity contribution is 7.12. The van der Waals surface area contributed by atoms with Gasteiger partial charge in [-0.2, -0.15) is 0 Å². The summed E-state index contributed by atoms with van der Waals surface area (Å²) < 4.78 is 0. The van der Waals surface area contributed by atoms with Crippen molar-refractivity contribution in [1.82, 2.24) is 15.1 Å². The fourth-order valence-corrected chi connectivity index (χ4v) is 5.13. The second-order valence-corrected chi connectivity index (χ2v) is 9.29. The van der Waals surface area contributed by atoms with Crippen molar-refractivity contribution in [1.29, 1.82) is 0 Å². The average Bonchev–Trinajstić information content (AvgIpc) is 3.52. The molecule has 2 aromatic rings. The molecule has 3 amide bonds. The molecule has 2 fully saturated rings. The van der Waals surface area contributed by atoms with E-state index in [-0.39, 0.29) is 23.6 Å². The van der Waals surface area contributed by atoms with Crippen molar-refractivity contribution in [3.05, 3.63) is 58.3 Å². The van der Waals surface area contributed by atoms with Gasteiger partial charge in [0.2, 0.25) is 11.8 Å². The molecule has 164 valence electrons. The Morgan fingerprint density at radius 3 is 2.29 bits per heavy atom. The quantitative estimate of drug-likeness (QED) is 0.752. The first kappa shape index (κ1) is 21.6. The Morgan fingerprint density at radius 1 is 0.935 bits per heavy atom. The Balaban J connectivity index is 1.39. The fraction of sp³-hybridized carbons (Fsp3) is 0.458. The summed E-state index contributed by atoms with van der Waals surface area (Å²) in [5.41, 5.74) is 1.01. The van der Waals surface area contributed by atoms with Crippen LogP contribution >= 0.6 is 11.3 Å². The summed E-state index contributed by atoms with van der Waals surface area (Å²) in [6.07, 6.45) is 3.87. The van der Waals surface area contributed by atoms with Crippen molar-refractivity contribution >= 4 is 29.1 Å². The van der Waals surface area contributed by atoms with Crippen LogP contribution in [0.1, 0.15) is 40.9 Å². The van der Waals surface area contributed by atoms with E-state index >= 15 is 0 Å². The Morgan fingerprint density at radius 2 is 1.65 bits per heavy atom. The van der Waals surface area contributed by atoms with Gasteiger partial charge in [0, 0.05) is 26.2 Å². The summed E-state index contributed by atoms with van der Waals surface area (Å²) in [6.45, 7) is 2.77. The van der Waals surface area contributed by atoms with Crippen molar-refractivity contribution in [3.63, 3.8) is 0 Å². The van der Waals surface area contributed by atoms with Gasteiger partial charge < -0.3 is 15.1 Å². The SMILES string of the molecule is O=C(NC(C(=O)N1CCCC1)C1CCN(C(=O)Cc2ccccc2)CC1)c1cccs1. The molecule has 1 aromatic carbocycles. The Labute approximate surface area is 187 Å². The number of hydrogen-bond acceptors (Lipinski definition) is 4. The number of benzene rings is 1. The summed E-state index contributed by atoms with van der Waals surface area (Å²) in [5.74, 6) is -0.000855. The normalized spacial score (nSPS) is 18.1. The highest BCUT2D eigenvalue weighted by atomic mass is 32.1. The van der Waals surface area contributed by atoms with Crippen molar-refractivity contribution in [2.45, 2.75) is 38.1 Å². The first-order valence-electron chi connectivity index (χ1n) is 11.1. The van der Waals surface area contributed by atoms with Gasteiger partial charge in [0.05, 0.1) is 11.3 Å². The van der Waals surface area contributed by atoms with Crippen LogP contribution < -0.4 is 5.32 Å². The molecule has 2 aliphatic rings. The molecule has 3 heterocycles. The Hall–Kier alpha value is -2.67. The maximum Gasteiger partial charge on any atom is 0.262 e. The fourth-order valence-electron chi connectivity index (χ4n) is 4.50. The number of piperidine rings is 1. The maximum absolute atomic E-state index is 13.2. The van der Waals surface area contributed by atoms with Crippen LogP contribution in [-0.2, 0) is 16.0 Å². The van der Waals surface area contributed by atoms with Gasteiger partial charge in [-0.1, -0.05) is 36.4 Å². The monoisotopic (exact) mass is 439 g/mol. The summed E-state index contributed by atoms with van der Waals surface area (Å²) in [6, 6.07) is 12.9. The maximum atomic E-state index is 13.2. The smallest absolute Gasteiger partial charge is 0.262 e. The minimum atomic E-state index is -0.529. The van der Waals surface area contributed by atoms with Gasteiger partial charge >= 0.3 is 0 Å². The molecule has 2 saturated heterocycles. The third-order valence-corrected chi connectivity index (χ3v) is 7.15. The zero-order chi connectivity index (χ0) is 21.6. The minimum Gasteiger partial charge on any atom is -0.342 e. The van der Waals surface area contributed by atoms with Crippen molar-refractivity contribution in [3.8, 4) is 0 Å². The Kier molecular flexibility index (Phi) is 7.02. The third kappa shape index (κ3) is 5.34. The molecule has 1 atom stereocenters. The standard InChI is InChI=1S/C24H29N3O3S/c28-21(17-18-7-2-1-3-8-18)26-14-10-19(11-15-26)22(24(30)27-12-4-5-13-27)25-23(29)20-9-6-16-31-20/h1-3,6-9,16,19,22H,4-5,10-15,17H2,(H,25,29). The Bertz CT molecular complexity index is 886. The zero-order valence-corrected chi connectivity index (χ0v) is 18.5. The van der Waals surface area contributed by atoms with Crippen molar-refractivity contribution < 1.29 is 14.4 Å². The molecule has 0 bridgehead atoms. The number of carbonyl (C=O) groups excluding carboxylic acids is 3. The van der Waals surface area contributed by atoms with Gasteiger partial charge in [0.15, 0.2) is 0 Å². The molecule has 2 aliphatic heterocycles. The third-order valence-electron chi connectivity index (χ3n) is 6.28. The second-order valence-electron chi connectivity index (χ2n) is 8.34. The average molecular weight is 440 g/mol. The van der Waals surface area contributed by atoms with E-state index in [2.05, 4.69) is 5.32 Å². The highest BCUT2D eigenvalue weighted by Gasteiger charge is 2.36. The summed E-state index contributed by atoms with van der Waals surface area (Å²) in [4.78, 5) is 43.1. The van der Waals surface area contributed by atoms with E-state index in [0.717, 1.165) is 44.3 Å². The number of nitrogens with one attached hydrogen (secondary N) is 1. The van der Waals surface area contributed by atoms with Crippen LogP contribution in [0.5, 0.6) is 0 Å². The van der Waals surface area contributed by atoms with Crippen LogP contribution in [0.25, 0.3) is 0 Å². The van der Waals surface area contributed by atoms with Crippen LogP contribution in [0.15, 0.2) is 47.8 Å². The van der Waals surface area contributed by atoms with Crippen LogP contribution in [0, 0.1) is 5.92 Å². The molecule has 4 rings (SSSR count). The van der Waals surface area contributed by atoms with Crippen LogP contribution in [0.4, 0.5) is 0 Å². The molecule has 0 radical (unpaired) electrons. The molecular weight excluding hydrogens is 410 g/mol. The van der Waals surface area contributed by atoms with Crippen LogP contribution in [0.2, 0.25) is 0 Å². The topological polar surface area (TPSA) is 69.7 Å². The lowest BCUT2D eigenvalue weighted by molar-refractivity contribution is -0.135. The number of rotatable bonds is 6. The lowest BCUT2D eigenvalue weighted by Gasteiger charge is -2.37. The molecule has 1 aromatic heterocycles. The van der Waals surface area contributed by atoms with Crippen LogP contribution in [0.3, 0.4) is 0 Å². The predicted octanol–water partition coefficient (Wildman–Crippen LogP) is 2.95. The molecule has 1 unspecified atom stereocenters. The van der Waals surface area contributed by atoms with E-state index < -0.39 is 6.04 Å². The lowest BCUT2D eigenvalue weighted by Crippen LogP contribution is -2.54. The van der Waals surface area contributed by atoms with Gasteiger partial charge in [-0.05, 0) is 48.6 Å². The number of nitrogens with zero attached hydrogens (tertiary/aromatic N) is 2. The van der Waals surface area contributed by atoms with Crippen LogP contribution in [-0.4, -0.2) is 59.7 Å². The van der Waals surface area contributed by atoms with E-state index in [9.17, 15) is 14.4 Å². The van der Waals surface area contributed by atoms with Gasteiger partial charge in [0.1, 0.15) is 6.04 Å². The molecule has 0 spiro atoms. The number of thiophene rings is 1. The summed E-state index contributed by atoms with van der Waals surface area (Å²) in [5, 5.41) is 4.89. The minimum absolute atomic E-state index is 0.0245. The number of hydrogen-bond donors (Lipinski definition) is 1. The molecule has 31 heavy (non-hydrogen) atoms. The van der Waals surface area contributed by atoms with Gasteiger partial charge in [-0.15, -0.1) is 11.3 Å². The first-order chi connectivity index (χ1) is 15.1. The molecule has 1 N–H and O–H groups in total. The lowest BCUT2D eigenvalue weighted by atomic mass is 9.88. The number of likely N-dealkylation sites (tertiary alicyclic amines) is 2. The molecule has 6 nitrogen and oxygen atoms in total. The summed E-state index contributed by atoms with van der Waals surface area (Å²) >= 11 is 1.38. The van der Waals surface area contributed by atoms with Gasteiger partial charge in [-0.3, -0.25) is 14.4 Å². The number of carbonyl (C=O) groups is 3. The largest absolute Gasteiger partial charge is 0.342 e.